The van der Waals surface area contributed by atoms with Gasteiger partial charge in [0.25, 0.3) is 0 Å². The Balaban J connectivity index is 2.10. The Kier molecular flexibility index (Phi) is 5.01. The van der Waals surface area contributed by atoms with E-state index in [0.717, 1.165) is 26.2 Å². The van der Waals surface area contributed by atoms with Crippen molar-refractivity contribution < 1.29 is 4.79 Å². The molecule has 1 saturated heterocycles. The Bertz CT molecular complexity index is 431. The maximum Gasteiger partial charge on any atom is 0.320 e. The van der Waals surface area contributed by atoms with Gasteiger partial charge >= 0.3 is 6.03 Å². The van der Waals surface area contributed by atoms with E-state index in [1.54, 1.807) is 0 Å². The summed E-state index contributed by atoms with van der Waals surface area (Å²) < 4.78 is 0. The number of hydrogen-bond donors (Lipinski definition) is 1. The van der Waals surface area contributed by atoms with E-state index in [0.29, 0.717) is 0 Å². The lowest BCUT2D eigenvalue weighted by Gasteiger charge is -2.41. The van der Waals surface area contributed by atoms with E-state index in [9.17, 15) is 4.79 Å². The monoisotopic (exact) mass is 275 g/mol. The smallest absolute Gasteiger partial charge is 0.320 e. The van der Waals surface area contributed by atoms with E-state index in [1.165, 1.54) is 5.56 Å². The molecule has 1 N–H and O–H groups in total. The van der Waals surface area contributed by atoms with Gasteiger partial charge in [0.05, 0.1) is 6.04 Å². The van der Waals surface area contributed by atoms with Gasteiger partial charge in [-0.05, 0) is 26.3 Å². The van der Waals surface area contributed by atoms with Gasteiger partial charge in [-0.25, -0.2) is 4.79 Å². The highest BCUT2D eigenvalue weighted by atomic mass is 16.2. The lowest BCUT2D eigenvalue weighted by atomic mass is 10.0. The number of hydrogen-bond acceptors (Lipinski definition) is 2. The summed E-state index contributed by atoms with van der Waals surface area (Å²) in [5.41, 5.74) is 1.25. The van der Waals surface area contributed by atoms with Crippen LogP contribution in [0, 0.1) is 0 Å². The van der Waals surface area contributed by atoms with Gasteiger partial charge in [-0.15, -0.1) is 0 Å². The number of nitrogens with zero attached hydrogens (tertiary/aromatic N) is 2. The van der Waals surface area contributed by atoms with Crippen LogP contribution >= 0.6 is 0 Å². The van der Waals surface area contributed by atoms with Gasteiger partial charge in [-0.2, -0.15) is 0 Å². The molecule has 2 unspecified atom stereocenters. The molecule has 1 fully saturated rings. The van der Waals surface area contributed by atoms with Crippen LogP contribution in [0.1, 0.15) is 32.4 Å². The van der Waals surface area contributed by atoms with Crippen LogP contribution in [0.3, 0.4) is 0 Å². The van der Waals surface area contributed by atoms with Crippen LogP contribution in [0.5, 0.6) is 0 Å². The highest BCUT2D eigenvalue weighted by molar-refractivity contribution is 5.75. The summed E-state index contributed by atoms with van der Waals surface area (Å²) in [5.74, 6) is 0. The third kappa shape index (κ3) is 3.12. The van der Waals surface area contributed by atoms with Crippen molar-refractivity contribution in [3.8, 4) is 0 Å². The lowest BCUT2D eigenvalue weighted by molar-refractivity contribution is 0.116. The summed E-state index contributed by atoms with van der Waals surface area (Å²) in [6, 6.07) is 11.0. The molecule has 4 heteroatoms. The number of benzene rings is 1. The van der Waals surface area contributed by atoms with Crippen molar-refractivity contribution in [2.75, 3.05) is 26.2 Å². The maximum absolute atomic E-state index is 12.6. The maximum atomic E-state index is 12.6. The number of amides is 2. The fourth-order valence-corrected chi connectivity index (χ4v) is 2.72. The number of urea groups is 1. The van der Waals surface area contributed by atoms with E-state index in [2.05, 4.69) is 24.4 Å². The van der Waals surface area contributed by atoms with Crippen LogP contribution in [0.4, 0.5) is 4.79 Å². The van der Waals surface area contributed by atoms with Crippen LogP contribution in [0.2, 0.25) is 0 Å². The van der Waals surface area contributed by atoms with E-state index in [-0.39, 0.29) is 18.1 Å². The van der Waals surface area contributed by atoms with Crippen LogP contribution < -0.4 is 5.32 Å². The van der Waals surface area contributed by atoms with Gasteiger partial charge in [0, 0.05) is 32.2 Å². The number of piperazine rings is 1. The molecule has 1 aromatic carbocycles. The van der Waals surface area contributed by atoms with Crippen molar-refractivity contribution in [2.45, 2.75) is 32.9 Å². The molecule has 0 bridgehead atoms. The average Bonchev–Trinajstić information content (AvgIpc) is 2.49. The van der Waals surface area contributed by atoms with Gasteiger partial charge in [-0.1, -0.05) is 30.3 Å². The van der Waals surface area contributed by atoms with Crippen LogP contribution in [0.25, 0.3) is 0 Å². The molecule has 2 amide bonds. The first-order chi connectivity index (χ1) is 9.67. The second-order valence-corrected chi connectivity index (χ2v) is 5.33. The summed E-state index contributed by atoms with van der Waals surface area (Å²) in [7, 11) is 0. The summed E-state index contributed by atoms with van der Waals surface area (Å²) in [6.07, 6.45) is 0. The van der Waals surface area contributed by atoms with Crippen LogP contribution in [0.15, 0.2) is 30.3 Å². The molecule has 20 heavy (non-hydrogen) atoms. The van der Waals surface area contributed by atoms with Crippen molar-refractivity contribution in [3.05, 3.63) is 35.9 Å². The molecular formula is C16H25N3O. The summed E-state index contributed by atoms with van der Waals surface area (Å²) in [4.78, 5) is 16.5. The molecule has 2 atom stereocenters. The van der Waals surface area contributed by atoms with Crippen LogP contribution in [-0.2, 0) is 0 Å². The van der Waals surface area contributed by atoms with E-state index in [1.807, 2.05) is 41.8 Å². The minimum Gasteiger partial charge on any atom is -0.325 e. The first kappa shape index (κ1) is 14.9. The van der Waals surface area contributed by atoms with Crippen LogP contribution in [-0.4, -0.2) is 48.1 Å². The molecule has 1 aliphatic heterocycles. The van der Waals surface area contributed by atoms with Crippen molar-refractivity contribution in [2.24, 2.45) is 0 Å². The van der Waals surface area contributed by atoms with E-state index >= 15 is 0 Å². The highest BCUT2D eigenvalue weighted by Gasteiger charge is 2.31. The standard InChI is InChI=1S/C16H25N3O/c1-4-18(5-2)16(20)19-12-15(17-11-13(19)3)14-9-7-6-8-10-14/h6-10,13,15,17H,4-5,11-12H2,1-3H3. The number of carbonyl (C=O) groups is 1. The molecule has 110 valence electrons. The molecule has 0 radical (unpaired) electrons. The third-order valence-electron chi connectivity index (χ3n) is 4.05. The fourth-order valence-electron chi connectivity index (χ4n) is 2.72. The molecule has 1 heterocycles. The summed E-state index contributed by atoms with van der Waals surface area (Å²) >= 11 is 0. The summed E-state index contributed by atoms with van der Waals surface area (Å²) in [5, 5.41) is 3.53. The molecule has 2 rings (SSSR count). The van der Waals surface area contributed by atoms with E-state index in [4.69, 9.17) is 0 Å². The Morgan fingerprint density at radius 1 is 1.30 bits per heavy atom. The second kappa shape index (κ2) is 6.75. The normalized spacial score (nSPS) is 22.6. The Labute approximate surface area is 121 Å². The summed E-state index contributed by atoms with van der Waals surface area (Å²) in [6.45, 7) is 9.28. The minimum absolute atomic E-state index is 0.157. The van der Waals surface area contributed by atoms with Gasteiger partial charge in [-0.3, -0.25) is 0 Å². The zero-order chi connectivity index (χ0) is 14.5. The van der Waals surface area contributed by atoms with Gasteiger partial charge in [0.1, 0.15) is 0 Å². The van der Waals surface area contributed by atoms with Gasteiger partial charge < -0.3 is 15.1 Å². The van der Waals surface area contributed by atoms with Crippen molar-refractivity contribution in [1.29, 1.82) is 0 Å². The lowest BCUT2D eigenvalue weighted by Crippen LogP contribution is -2.57. The second-order valence-electron chi connectivity index (χ2n) is 5.33. The van der Waals surface area contributed by atoms with Crippen molar-refractivity contribution in [1.82, 2.24) is 15.1 Å². The predicted octanol–water partition coefficient (Wildman–Crippen LogP) is 2.48. The molecule has 4 nitrogen and oxygen atoms in total. The third-order valence-corrected chi connectivity index (χ3v) is 4.05. The molecular weight excluding hydrogens is 250 g/mol. The molecule has 0 aliphatic carbocycles. The number of nitrogens with one attached hydrogen (secondary N) is 1. The quantitative estimate of drug-likeness (QED) is 0.920. The molecule has 1 aromatic rings. The topological polar surface area (TPSA) is 35.6 Å². The zero-order valence-electron chi connectivity index (χ0n) is 12.7. The molecule has 0 aromatic heterocycles. The Hall–Kier alpha value is -1.55. The fraction of sp³-hybridized carbons (Fsp3) is 0.562. The molecule has 0 saturated carbocycles. The molecule has 1 aliphatic rings. The first-order valence-corrected chi connectivity index (χ1v) is 7.51. The SMILES string of the molecule is CCN(CC)C(=O)N1CC(c2ccccc2)NCC1C. The van der Waals surface area contributed by atoms with Gasteiger partial charge in [0.15, 0.2) is 0 Å². The highest BCUT2D eigenvalue weighted by Crippen LogP contribution is 2.20. The largest absolute Gasteiger partial charge is 0.325 e. The zero-order valence-corrected chi connectivity index (χ0v) is 12.7. The van der Waals surface area contributed by atoms with E-state index < -0.39 is 0 Å². The predicted molar refractivity (Wildman–Crippen MR) is 81.7 cm³/mol. The minimum atomic E-state index is 0.157. The van der Waals surface area contributed by atoms with Crippen molar-refractivity contribution >= 4 is 6.03 Å². The number of rotatable bonds is 3. The van der Waals surface area contributed by atoms with Crippen molar-refractivity contribution in [3.63, 3.8) is 0 Å². The number of carbonyl (C=O) groups excluding carboxylic acids is 1. The molecule has 0 spiro atoms. The Morgan fingerprint density at radius 2 is 1.95 bits per heavy atom. The Morgan fingerprint density at radius 3 is 2.55 bits per heavy atom. The average molecular weight is 275 g/mol. The first-order valence-electron chi connectivity index (χ1n) is 7.51. The van der Waals surface area contributed by atoms with Gasteiger partial charge in [0.2, 0.25) is 0 Å².